The Balaban J connectivity index is 3.16. The molecule has 0 bridgehead atoms. The second-order valence-corrected chi connectivity index (χ2v) is 4.06. The first-order valence-corrected chi connectivity index (χ1v) is 5.87. The van der Waals surface area contributed by atoms with Crippen molar-refractivity contribution in [1.82, 2.24) is 5.32 Å². The second kappa shape index (κ2) is 6.37. The topological polar surface area (TPSA) is 84.6 Å². The van der Waals surface area contributed by atoms with Gasteiger partial charge in [-0.2, -0.15) is 0 Å². The number of methoxy groups -OCH3 is 1. The normalized spacial score (nSPS) is 14.0. The van der Waals surface area contributed by atoms with E-state index in [4.69, 9.17) is 15.6 Å². The van der Waals surface area contributed by atoms with Gasteiger partial charge in [0.25, 0.3) is 0 Å². The van der Waals surface area contributed by atoms with E-state index in [0.717, 1.165) is 12.0 Å². The summed E-state index contributed by atoms with van der Waals surface area (Å²) in [6.07, 6.45) is 0.862. The summed E-state index contributed by atoms with van der Waals surface area (Å²) in [5.41, 5.74) is 7.83. The van der Waals surface area contributed by atoms with Crippen LogP contribution in [0.1, 0.15) is 24.1 Å². The third-order valence-corrected chi connectivity index (χ3v) is 3.00. The number of nitrogens with two attached hydrogens (primary N) is 1. The molecule has 1 rings (SSSR count). The molecular formula is C13H20N2O3. The van der Waals surface area contributed by atoms with Crippen LogP contribution in [0, 0.1) is 0 Å². The van der Waals surface area contributed by atoms with Crippen LogP contribution >= 0.6 is 0 Å². The van der Waals surface area contributed by atoms with Crippen LogP contribution < -0.4 is 15.8 Å². The Hall–Kier alpha value is -1.59. The van der Waals surface area contributed by atoms with Gasteiger partial charge in [0.05, 0.1) is 13.2 Å². The number of hydrogen-bond donors (Lipinski definition) is 3. The zero-order valence-corrected chi connectivity index (χ0v) is 10.9. The highest BCUT2D eigenvalue weighted by atomic mass is 16.5. The molecule has 0 saturated heterocycles. The Bertz CT molecular complexity index is 421. The predicted molar refractivity (Wildman–Crippen MR) is 69.8 cm³/mol. The monoisotopic (exact) mass is 252 g/mol. The van der Waals surface area contributed by atoms with E-state index < -0.39 is 18.1 Å². The number of ether oxygens (including phenoxy) is 1. The van der Waals surface area contributed by atoms with Gasteiger partial charge >= 0.3 is 5.97 Å². The Morgan fingerprint density at radius 1 is 1.56 bits per heavy atom. The van der Waals surface area contributed by atoms with Crippen LogP contribution in [0.15, 0.2) is 18.2 Å². The summed E-state index contributed by atoms with van der Waals surface area (Å²) in [5.74, 6) is -0.366. The molecule has 0 heterocycles. The van der Waals surface area contributed by atoms with Crippen molar-refractivity contribution in [2.75, 3.05) is 14.2 Å². The van der Waals surface area contributed by atoms with Gasteiger partial charge in [0.15, 0.2) is 0 Å². The van der Waals surface area contributed by atoms with Crippen molar-refractivity contribution in [2.24, 2.45) is 5.73 Å². The average Bonchev–Trinajstić information content (AvgIpc) is 2.38. The Labute approximate surface area is 107 Å². The minimum atomic E-state index is -0.978. The quantitative estimate of drug-likeness (QED) is 0.701. The molecule has 100 valence electrons. The lowest BCUT2D eigenvalue weighted by atomic mass is 9.96. The molecule has 0 aliphatic carbocycles. The predicted octanol–water partition coefficient (Wildman–Crippen LogP) is 0.930. The van der Waals surface area contributed by atoms with Gasteiger partial charge in [0.1, 0.15) is 11.8 Å². The van der Waals surface area contributed by atoms with Crippen molar-refractivity contribution in [3.63, 3.8) is 0 Å². The Morgan fingerprint density at radius 3 is 2.67 bits per heavy atom. The van der Waals surface area contributed by atoms with Crippen LogP contribution in [0.3, 0.4) is 0 Å². The van der Waals surface area contributed by atoms with Gasteiger partial charge in [-0.15, -0.1) is 0 Å². The van der Waals surface area contributed by atoms with Gasteiger partial charge in [0, 0.05) is 5.56 Å². The van der Waals surface area contributed by atoms with E-state index in [1.165, 1.54) is 0 Å². The lowest BCUT2D eigenvalue weighted by Gasteiger charge is -2.22. The summed E-state index contributed by atoms with van der Waals surface area (Å²) < 4.78 is 5.24. The van der Waals surface area contributed by atoms with Gasteiger partial charge in [-0.25, -0.2) is 0 Å². The molecule has 5 nitrogen and oxygen atoms in total. The maximum atomic E-state index is 11.1. The van der Waals surface area contributed by atoms with Gasteiger partial charge in [0.2, 0.25) is 0 Å². The van der Waals surface area contributed by atoms with Gasteiger partial charge in [-0.1, -0.05) is 19.1 Å². The minimum Gasteiger partial charge on any atom is -0.496 e. The molecule has 1 aromatic rings. The van der Waals surface area contributed by atoms with E-state index in [2.05, 4.69) is 5.32 Å². The lowest BCUT2D eigenvalue weighted by Crippen LogP contribution is -2.43. The fourth-order valence-electron chi connectivity index (χ4n) is 1.90. The number of carboxylic acids is 1. The zero-order valence-electron chi connectivity index (χ0n) is 10.9. The summed E-state index contributed by atoms with van der Waals surface area (Å²) in [6.45, 7) is 2.03. The molecule has 0 fully saturated rings. The molecule has 0 amide bonds. The van der Waals surface area contributed by atoms with Crippen LogP contribution in [-0.2, 0) is 11.2 Å². The van der Waals surface area contributed by atoms with Crippen LogP contribution in [0.2, 0.25) is 0 Å². The molecule has 18 heavy (non-hydrogen) atoms. The molecule has 0 aromatic heterocycles. The summed E-state index contributed by atoms with van der Waals surface area (Å²) in [6, 6.07) is 4.17. The summed E-state index contributed by atoms with van der Waals surface area (Å²) in [7, 11) is 3.13. The number of aryl methyl sites for hydroxylation is 1. The summed E-state index contributed by atoms with van der Waals surface area (Å²) >= 11 is 0. The molecule has 2 unspecified atom stereocenters. The number of rotatable bonds is 6. The fourth-order valence-corrected chi connectivity index (χ4v) is 1.90. The molecule has 2 atom stereocenters. The molecule has 0 spiro atoms. The van der Waals surface area contributed by atoms with Crippen molar-refractivity contribution in [1.29, 1.82) is 0 Å². The van der Waals surface area contributed by atoms with Crippen LogP contribution in [0.25, 0.3) is 0 Å². The van der Waals surface area contributed by atoms with Gasteiger partial charge in [-0.05, 0) is 25.1 Å². The first kappa shape index (κ1) is 14.5. The van der Waals surface area contributed by atoms with E-state index in [1.54, 1.807) is 14.2 Å². The number of nitrogens with one attached hydrogen (secondary N) is 1. The van der Waals surface area contributed by atoms with Crippen LogP contribution in [-0.4, -0.2) is 31.3 Å². The third-order valence-electron chi connectivity index (χ3n) is 3.00. The van der Waals surface area contributed by atoms with Crippen LogP contribution in [0.5, 0.6) is 5.75 Å². The highest BCUT2D eigenvalue weighted by molar-refractivity contribution is 5.75. The number of likely N-dealkylation sites (N-methyl/N-ethyl adjacent to an activating group) is 1. The third kappa shape index (κ3) is 3.00. The lowest BCUT2D eigenvalue weighted by molar-refractivity contribution is -0.139. The van der Waals surface area contributed by atoms with Crippen molar-refractivity contribution in [2.45, 2.75) is 25.4 Å². The van der Waals surface area contributed by atoms with Crippen LogP contribution in [0.4, 0.5) is 0 Å². The zero-order chi connectivity index (χ0) is 13.7. The van der Waals surface area contributed by atoms with E-state index in [1.807, 2.05) is 25.1 Å². The average molecular weight is 252 g/mol. The fraction of sp³-hybridized carbons (Fsp3) is 0.462. The molecule has 0 aliphatic rings. The highest BCUT2D eigenvalue weighted by Crippen LogP contribution is 2.27. The molecule has 0 saturated carbocycles. The molecule has 1 aromatic carbocycles. The van der Waals surface area contributed by atoms with Crippen molar-refractivity contribution < 1.29 is 14.6 Å². The van der Waals surface area contributed by atoms with Gasteiger partial charge < -0.3 is 20.9 Å². The summed E-state index contributed by atoms with van der Waals surface area (Å²) in [5, 5.41) is 11.8. The van der Waals surface area contributed by atoms with Gasteiger partial charge in [-0.3, -0.25) is 4.79 Å². The smallest absolute Gasteiger partial charge is 0.322 e. The SMILES string of the molecule is CCc1ccc(OC)c(C(N)C(NC)C(=O)O)c1. The number of hydrogen-bond acceptors (Lipinski definition) is 4. The first-order valence-electron chi connectivity index (χ1n) is 5.87. The van der Waals surface area contributed by atoms with Crippen molar-refractivity contribution in [3.8, 4) is 5.75 Å². The molecule has 0 radical (unpaired) electrons. The number of aliphatic carboxylic acids is 1. The molecular weight excluding hydrogens is 232 g/mol. The summed E-state index contributed by atoms with van der Waals surface area (Å²) in [4.78, 5) is 11.1. The van der Waals surface area contributed by atoms with E-state index in [-0.39, 0.29) is 0 Å². The number of carboxylic acid groups (broad SMARTS) is 1. The van der Waals surface area contributed by atoms with Crippen molar-refractivity contribution in [3.05, 3.63) is 29.3 Å². The van der Waals surface area contributed by atoms with E-state index in [0.29, 0.717) is 11.3 Å². The molecule has 0 aliphatic heterocycles. The minimum absolute atomic E-state index is 0.612. The maximum absolute atomic E-state index is 11.1. The van der Waals surface area contributed by atoms with E-state index >= 15 is 0 Å². The Morgan fingerprint density at radius 2 is 2.22 bits per heavy atom. The van der Waals surface area contributed by atoms with E-state index in [9.17, 15) is 4.79 Å². The molecule has 4 N–H and O–H groups in total. The second-order valence-electron chi connectivity index (χ2n) is 4.06. The largest absolute Gasteiger partial charge is 0.496 e. The number of benzene rings is 1. The molecule has 5 heteroatoms. The Kier molecular flexibility index (Phi) is 5.12. The standard InChI is InChI=1S/C13H20N2O3/c1-4-8-5-6-10(18-3)9(7-8)11(14)12(15-2)13(16)17/h5-7,11-12,15H,4,14H2,1-3H3,(H,16,17). The number of carbonyl (C=O) groups is 1. The highest BCUT2D eigenvalue weighted by Gasteiger charge is 2.27. The van der Waals surface area contributed by atoms with Crippen molar-refractivity contribution >= 4 is 5.97 Å². The maximum Gasteiger partial charge on any atom is 0.322 e. The first-order chi connectivity index (χ1) is 8.54.